The lowest BCUT2D eigenvalue weighted by Gasteiger charge is -2.38. The van der Waals surface area contributed by atoms with Crippen molar-refractivity contribution in [1.29, 1.82) is 0 Å². The number of benzene rings is 3. The fraction of sp³-hybridized carbons (Fsp3) is 0.359. The van der Waals surface area contributed by atoms with Crippen molar-refractivity contribution in [2.24, 2.45) is 0 Å². The molecule has 3 aromatic carbocycles. The second kappa shape index (κ2) is 14.0. The molecule has 0 saturated carbocycles. The topological polar surface area (TPSA) is 54.7 Å². The molecule has 6 rings (SSSR count). The summed E-state index contributed by atoms with van der Waals surface area (Å²) in [6, 6.07) is 35.0. The van der Waals surface area contributed by atoms with Gasteiger partial charge >= 0.3 is 0 Å². The monoisotopic (exact) mass is 634 g/mol. The number of hydrogen-bond donors (Lipinski definition) is 0. The van der Waals surface area contributed by atoms with Crippen LogP contribution in [0.4, 0.5) is 0 Å². The fourth-order valence-corrected chi connectivity index (χ4v) is 7.89. The molecule has 2 aromatic heterocycles. The third-order valence-corrected chi connectivity index (χ3v) is 14.8. The van der Waals surface area contributed by atoms with Crippen molar-refractivity contribution < 1.29 is 18.9 Å². The van der Waals surface area contributed by atoms with E-state index in [4.69, 9.17) is 23.9 Å². The molecule has 1 saturated heterocycles. The molecule has 0 spiro atoms. The largest absolute Gasteiger partial charge is 0.374 e. The van der Waals surface area contributed by atoms with Gasteiger partial charge in [0.05, 0.1) is 26.4 Å². The van der Waals surface area contributed by atoms with Crippen molar-refractivity contribution in [1.82, 2.24) is 9.22 Å². The zero-order valence-corrected chi connectivity index (χ0v) is 28.6. The Morgan fingerprint density at radius 2 is 1.26 bits per heavy atom. The minimum atomic E-state index is -2.02. The van der Waals surface area contributed by atoms with E-state index in [-0.39, 0.29) is 29.5 Å². The number of rotatable bonds is 12. The van der Waals surface area contributed by atoms with Crippen molar-refractivity contribution in [3.8, 4) is 0 Å². The molecule has 240 valence electrons. The molecule has 46 heavy (non-hydrogen) atoms. The lowest BCUT2D eigenvalue weighted by Crippen LogP contribution is -2.45. The minimum Gasteiger partial charge on any atom is -0.374 e. The second-order valence-electron chi connectivity index (χ2n) is 13.8. The first-order chi connectivity index (χ1) is 22.2. The van der Waals surface area contributed by atoms with E-state index >= 15 is 0 Å². The summed E-state index contributed by atoms with van der Waals surface area (Å²) in [5, 5.41) is 1.21. The number of nitrogens with zero attached hydrogens (tertiary/aromatic N) is 2. The van der Waals surface area contributed by atoms with Gasteiger partial charge in [0.15, 0.2) is 8.24 Å². The molecule has 5 aromatic rings. The third kappa shape index (κ3) is 7.04. The molecule has 1 aliphatic rings. The van der Waals surface area contributed by atoms with Gasteiger partial charge in [-0.05, 0) is 33.9 Å². The fourth-order valence-electron chi connectivity index (χ4n) is 5.99. The quantitative estimate of drug-likeness (QED) is 0.129. The van der Waals surface area contributed by atoms with Crippen LogP contribution < -0.4 is 0 Å². The summed E-state index contributed by atoms with van der Waals surface area (Å²) in [7, 11) is -2.02. The molecule has 1 fully saturated rings. The van der Waals surface area contributed by atoms with Crippen molar-refractivity contribution in [2.75, 3.05) is 6.61 Å². The van der Waals surface area contributed by atoms with Gasteiger partial charge in [0.1, 0.15) is 30.1 Å². The van der Waals surface area contributed by atoms with Crippen LogP contribution in [-0.2, 0) is 38.8 Å². The van der Waals surface area contributed by atoms with Crippen molar-refractivity contribution >= 4 is 19.3 Å². The SMILES string of the molecule is CC(C)(C)[Si](C)(C)n1cc([C@H]2O[C@H](COCc3ccccc3)[C@@H](OCc3ccccc3)[C@H]2OCc2ccccc2)c2cccnc21. The van der Waals surface area contributed by atoms with Crippen LogP contribution in [0.3, 0.4) is 0 Å². The highest BCUT2D eigenvalue weighted by atomic mass is 28.3. The van der Waals surface area contributed by atoms with Crippen molar-refractivity contribution in [2.45, 2.75) is 83.1 Å². The molecule has 4 atom stereocenters. The van der Waals surface area contributed by atoms with E-state index in [2.05, 4.69) is 86.8 Å². The zero-order chi connectivity index (χ0) is 32.1. The third-order valence-electron chi connectivity index (χ3n) is 9.61. The average molecular weight is 635 g/mol. The minimum absolute atomic E-state index is 0.114. The van der Waals surface area contributed by atoms with E-state index < -0.39 is 8.24 Å². The van der Waals surface area contributed by atoms with Gasteiger partial charge in [-0.25, -0.2) is 4.98 Å². The first-order valence-electron chi connectivity index (χ1n) is 16.3. The average Bonchev–Trinajstić information content (AvgIpc) is 3.62. The standard InChI is InChI=1S/C39H46N2O4Si/c1-39(2,3)46(4,5)41-24-33(32-22-15-23-40-38(32)41)35-37(44-27-31-20-13-8-14-21-31)36(43-26-30-18-11-7-12-19-30)34(45-35)28-42-25-29-16-9-6-10-17-29/h6-24,34-37H,25-28H2,1-5H3/t34-,35-,36-,37+/m1/s1. The molecule has 0 N–H and O–H groups in total. The van der Waals surface area contributed by atoms with Gasteiger partial charge in [-0.2, -0.15) is 0 Å². The first-order valence-corrected chi connectivity index (χ1v) is 19.2. The molecule has 0 unspecified atom stereocenters. The van der Waals surface area contributed by atoms with Crippen LogP contribution in [0.5, 0.6) is 0 Å². The molecule has 0 amide bonds. The lowest BCUT2D eigenvalue weighted by atomic mass is 10.0. The lowest BCUT2D eigenvalue weighted by molar-refractivity contribution is -0.0898. The van der Waals surface area contributed by atoms with Gasteiger partial charge in [-0.3, -0.25) is 0 Å². The predicted octanol–water partition coefficient (Wildman–Crippen LogP) is 8.72. The summed E-state index contributed by atoms with van der Waals surface area (Å²) in [5.41, 5.74) is 5.43. The van der Waals surface area contributed by atoms with E-state index in [1.54, 1.807) is 0 Å². The molecule has 0 radical (unpaired) electrons. The maximum Gasteiger partial charge on any atom is 0.163 e. The van der Waals surface area contributed by atoms with E-state index in [0.29, 0.717) is 26.4 Å². The van der Waals surface area contributed by atoms with E-state index in [1.807, 2.05) is 66.9 Å². The van der Waals surface area contributed by atoms with Crippen molar-refractivity contribution in [3.63, 3.8) is 0 Å². The highest BCUT2D eigenvalue weighted by Gasteiger charge is 2.49. The van der Waals surface area contributed by atoms with Gasteiger partial charge in [-0.1, -0.05) is 125 Å². The molecular formula is C39H46N2O4Si. The Morgan fingerprint density at radius 1 is 0.717 bits per heavy atom. The van der Waals surface area contributed by atoms with Gasteiger partial charge in [0.25, 0.3) is 0 Å². The van der Waals surface area contributed by atoms with Crippen LogP contribution in [0.2, 0.25) is 18.1 Å². The van der Waals surface area contributed by atoms with Crippen LogP contribution in [0.1, 0.15) is 49.1 Å². The normalized spacial score (nSPS) is 20.4. The van der Waals surface area contributed by atoms with Crippen LogP contribution in [-0.4, -0.2) is 42.4 Å². The summed E-state index contributed by atoms with van der Waals surface area (Å²) in [6.07, 6.45) is 2.76. The van der Waals surface area contributed by atoms with Crippen molar-refractivity contribution in [3.05, 3.63) is 138 Å². The maximum absolute atomic E-state index is 7.01. The van der Waals surface area contributed by atoms with Crippen LogP contribution in [0, 0.1) is 0 Å². The van der Waals surface area contributed by atoms with Crippen LogP contribution in [0.25, 0.3) is 11.0 Å². The molecule has 6 nitrogen and oxygen atoms in total. The van der Waals surface area contributed by atoms with Gasteiger partial charge in [0, 0.05) is 23.3 Å². The maximum atomic E-state index is 7.01. The molecule has 3 heterocycles. The molecule has 7 heteroatoms. The molecule has 1 aliphatic heterocycles. The number of ether oxygens (including phenoxy) is 4. The van der Waals surface area contributed by atoms with Gasteiger partial charge < -0.3 is 23.2 Å². The first kappa shape index (κ1) is 32.4. The Kier molecular flexibility index (Phi) is 9.87. The van der Waals surface area contributed by atoms with E-state index in [1.165, 1.54) is 0 Å². The predicted molar refractivity (Wildman–Crippen MR) is 186 cm³/mol. The van der Waals surface area contributed by atoms with E-state index in [0.717, 1.165) is 33.3 Å². The Labute approximate surface area is 274 Å². The molecule has 0 bridgehead atoms. The summed E-state index contributed by atoms with van der Waals surface area (Å²) in [4.78, 5) is 4.91. The molecular weight excluding hydrogens is 589 g/mol. The summed E-state index contributed by atoms with van der Waals surface area (Å²) in [5.74, 6) is 0. The van der Waals surface area contributed by atoms with Crippen LogP contribution >= 0.6 is 0 Å². The smallest absolute Gasteiger partial charge is 0.163 e. The number of hydrogen-bond acceptors (Lipinski definition) is 5. The number of aromatic nitrogens is 2. The highest BCUT2D eigenvalue weighted by Crippen LogP contribution is 2.44. The Hall–Kier alpha value is -3.59. The zero-order valence-electron chi connectivity index (χ0n) is 27.6. The number of pyridine rings is 1. The Morgan fingerprint density at radius 3 is 1.83 bits per heavy atom. The second-order valence-corrected chi connectivity index (χ2v) is 18.9. The molecule has 0 aliphatic carbocycles. The van der Waals surface area contributed by atoms with Gasteiger partial charge in [0.2, 0.25) is 0 Å². The number of fused-ring (bicyclic) bond motifs is 1. The summed E-state index contributed by atoms with van der Waals surface area (Å²) in [6.45, 7) is 13.6. The Bertz CT molecular complexity index is 1690. The summed E-state index contributed by atoms with van der Waals surface area (Å²) < 4.78 is 29.4. The summed E-state index contributed by atoms with van der Waals surface area (Å²) >= 11 is 0. The Balaban J connectivity index is 1.37. The van der Waals surface area contributed by atoms with Crippen LogP contribution in [0.15, 0.2) is 116 Å². The van der Waals surface area contributed by atoms with E-state index in [9.17, 15) is 0 Å². The van der Waals surface area contributed by atoms with Gasteiger partial charge in [-0.15, -0.1) is 0 Å². The highest BCUT2D eigenvalue weighted by molar-refractivity contribution is 6.79.